The average Bonchev–Trinajstić information content (AvgIpc) is 3.23. The maximum atomic E-state index is 11.9. The molecule has 3 rings (SSSR count). The Balaban J connectivity index is 1.58. The van der Waals surface area contributed by atoms with Crippen molar-refractivity contribution in [3.05, 3.63) is 29.7 Å². The molecule has 1 atom stereocenters. The Hall–Kier alpha value is -1.93. The number of aromatic nitrogens is 2. The van der Waals surface area contributed by atoms with E-state index < -0.39 is 0 Å². The van der Waals surface area contributed by atoms with E-state index in [4.69, 9.17) is 4.42 Å². The van der Waals surface area contributed by atoms with Crippen molar-refractivity contribution in [3.8, 4) is 0 Å². The first-order chi connectivity index (χ1) is 10.3. The van der Waals surface area contributed by atoms with Crippen molar-refractivity contribution in [3.63, 3.8) is 0 Å². The minimum absolute atomic E-state index is 0.0719. The van der Waals surface area contributed by atoms with Crippen molar-refractivity contribution in [2.24, 2.45) is 0 Å². The van der Waals surface area contributed by atoms with Gasteiger partial charge in [-0.05, 0) is 38.1 Å². The van der Waals surface area contributed by atoms with Crippen LogP contribution in [0.2, 0.25) is 0 Å². The van der Waals surface area contributed by atoms with Gasteiger partial charge in [-0.25, -0.2) is 4.79 Å². The van der Waals surface area contributed by atoms with Gasteiger partial charge in [-0.15, -0.1) is 10.2 Å². The molecule has 0 bridgehead atoms. The van der Waals surface area contributed by atoms with Crippen molar-refractivity contribution in [1.82, 2.24) is 20.4 Å². The van der Waals surface area contributed by atoms with E-state index in [0.29, 0.717) is 11.7 Å². The highest BCUT2D eigenvalue weighted by atomic mass is 32.1. The molecule has 0 spiro atoms. The highest BCUT2D eigenvalue weighted by Crippen LogP contribution is 2.24. The summed E-state index contributed by atoms with van der Waals surface area (Å²) in [6, 6.07) is 3.62. The number of carbonyl (C=O) groups excluding carboxylic acids is 1. The summed E-state index contributed by atoms with van der Waals surface area (Å²) in [4.78, 5) is 14.2. The van der Waals surface area contributed by atoms with Crippen molar-refractivity contribution < 1.29 is 9.21 Å². The van der Waals surface area contributed by atoms with Crippen LogP contribution < -0.4 is 10.6 Å². The highest BCUT2D eigenvalue weighted by molar-refractivity contribution is 7.13. The zero-order chi connectivity index (χ0) is 14.5. The minimum atomic E-state index is -0.275. The standard InChI is InChI=1S/C13H17N5O2S/c19-12(16-13-17-15-9-21-13)14-8-10(11-4-3-7-20-11)18-5-1-2-6-18/h3-4,7,9-10H,1-2,5-6,8H2,(H2,14,16,17,19)/t10-/m0/s1. The van der Waals surface area contributed by atoms with E-state index in [0.717, 1.165) is 18.8 Å². The Kier molecular flexibility index (Phi) is 4.46. The first kappa shape index (κ1) is 14.0. The van der Waals surface area contributed by atoms with Crippen LogP contribution in [0.5, 0.6) is 0 Å². The van der Waals surface area contributed by atoms with Crippen LogP contribution in [0.1, 0.15) is 24.6 Å². The number of urea groups is 1. The molecule has 2 aromatic rings. The Morgan fingerprint density at radius 3 is 3.00 bits per heavy atom. The summed E-state index contributed by atoms with van der Waals surface area (Å²) in [5.74, 6) is 0.883. The first-order valence-electron chi connectivity index (χ1n) is 6.91. The molecule has 21 heavy (non-hydrogen) atoms. The molecule has 0 radical (unpaired) electrons. The second-order valence-electron chi connectivity index (χ2n) is 4.85. The van der Waals surface area contributed by atoms with Crippen LogP contribution in [0.15, 0.2) is 28.3 Å². The number of likely N-dealkylation sites (tertiary alicyclic amines) is 1. The predicted molar refractivity (Wildman–Crippen MR) is 79.2 cm³/mol. The van der Waals surface area contributed by atoms with Crippen molar-refractivity contribution in [1.29, 1.82) is 0 Å². The molecule has 0 saturated carbocycles. The molecule has 1 fully saturated rings. The number of anilines is 1. The molecule has 1 aliphatic heterocycles. The quantitative estimate of drug-likeness (QED) is 0.883. The van der Waals surface area contributed by atoms with E-state index in [-0.39, 0.29) is 12.1 Å². The smallest absolute Gasteiger partial charge is 0.321 e. The summed E-state index contributed by atoms with van der Waals surface area (Å²) in [5, 5.41) is 13.5. The van der Waals surface area contributed by atoms with Gasteiger partial charge in [-0.1, -0.05) is 11.3 Å². The Labute approximate surface area is 126 Å². The summed E-state index contributed by atoms with van der Waals surface area (Å²) in [6.07, 6.45) is 4.04. The molecule has 7 nitrogen and oxygen atoms in total. The van der Waals surface area contributed by atoms with Crippen LogP contribution in [0, 0.1) is 0 Å². The Morgan fingerprint density at radius 1 is 1.48 bits per heavy atom. The number of furan rings is 1. The van der Waals surface area contributed by atoms with E-state index in [1.807, 2.05) is 12.1 Å². The molecule has 1 aliphatic rings. The number of carbonyl (C=O) groups is 1. The van der Waals surface area contributed by atoms with E-state index in [9.17, 15) is 4.79 Å². The molecular formula is C13H17N5O2S. The third kappa shape index (κ3) is 3.59. The minimum Gasteiger partial charge on any atom is -0.468 e. The van der Waals surface area contributed by atoms with Gasteiger partial charge in [0.1, 0.15) is 11.3 Å². The molecule has 0 unspecified atom stereocenters. The lowest BCUT2D eigenvalue weighted by Gasteiger charge is -2.25. The van der Waals surface area contributed by atoms with Crippen molar-refractivity contribution in [2.45, 2.75) is 18.9 Å². The van der Waals surface area contributed by atoms with E-state index in [1.165, 1.54) is 24.2 Å². The lowest BCUT2D eigenvalue weighted by molar-refractivity contribution is 0.207. The summed E-state index contributed by atoms with van der Waals surface area (Å²) in [5.41, 5.74) is 1.57. The largest absolute Gasteiger partial charge is 0.468 e. The average molecular weight is 307 g/mol. The second-order valence-corrected chi connectivity index (χ2v) is 5.69. The van der Waals surface area contributed by atoms with Gasteiger partial charge in [0, 0.05) is 6.54 Å². The van der Waals surface area contributed by atoms with Crippen molar-refractivity contribution >= 4 is 22.5 Å². The SMILES string of the molecule is O=C(NC[C@@H](c1ccco1)N1CCCC1)Nc1nncs1. The molecule has 112 valence electrons. The molecule has 2 N–H and O–H groups in total. The van der Waals surface area contributed by atoms with Crippen LogP contribution in [-0.4, -0.2) is 40.8 Å². The van der Waals surface area contributed by atoms with Crippen LogP contribution >= 0.6 is 11.3 Å². The van der Waals surface area contributed by atoms with Crippen molar-refractivity contribution in [2.75, 3.05) is 25.0 Å². The molecule has 0 aliphatic carbocycles. The van der Waals surface area contributed by atoms with Crippen LogP contribution in [-0.2, 0) is 0 Å². The van der Waals surface area contributed by atoms with Gasteiger partial charge in [0.2, 0.25) is 5.13 Å². The Bertz CT molecular complexity index is 551. The fourth-order valence-electron chi connectivity index (χ4n) is 2.50. The lowest BCUT2D eigenvalue weighted by Crippen LogP contribution is -2.38. The van der Waals surface area contributed by atoms with Gasteiger partial charge in [0.15, 0.2) is 0 Å². The number of hydrogen-bond donors (Lipinski definition) is 2. The fraction of sp³-hybridized carbons (Fsp3) is 0.462. The summed E-state index contributed by atoms with van der Waals surface area (Å²) in [7, 11) is 0. The lowest BCUT2D eigenvalue weighted by atomic mass is 10.2. The molecule has 1 saturated heterocycles. The number of amides is 2. The number of rotatable bonds is 5. The van der Waals surface area contributed by atoms with E-state index >= 15 is 0 Å². The molecule has 3 heterocycles. The zero-order valence-electron chi connectivity index (χ0n) is 11.5. The van der Waals surface area contributed by atoms with Gasteiger partial charge in [-0.3, -0.25) is 10.2 Å². The predicted octanol–water partition coefficient (Wildman–Crippen LogP) is 2.09. The third-order valence-electron chi connectivity index (χ3n) is 3.49. The summed E-state index contributed by atoms with van der Waals surface area (Å²) in [6.45, 7) is 2.56. The van der Waals surface area contributed by atoms with Gasteiger partial charge < -0.3 is 9.73 Å². The Morgan fingerprint density at radius 2 is 2.33 bits per heavy atom. The van der Waals surface area contributed by atoms with E-state index in [1.54, 1.807) is 11.8 Å². The highest BCUT2D eigenvalue weighted by Gasteiger charge is 2.25. The number of nitrogens with zero attached hydrogens (tertiary/aromatic N) is 3. The van der Waals surface area contributed by atoms with Crippen LogP contribution in [0.3, 0.4) is 0 Å². The first-order valence-corrected chi connectivity index (χ1v) is 7.79. The van der Waals surface area contributed by atoms with E-state index in [2.05, 4.69) is 25.7 Å². The second kappa shape index (κ2) is 6.68. The monoisotopic (exact) mass is 307 g/mol. The molecule has 2 amide bonds. The van der Waals surface area contributed by atoms with Crippen LogP contribution in [0.25, 0.3) is 0 Å². The molecule has 2 aromatic heterocycles. The van der Waals surface area contributed by atoms with Gasteiger partial charge in [-0.2, -0.15) is 0 Å². The summed E-state index contributed by atoms with van der Waals surface area (Å²) >= 11 is 1.29. The summed E-state index contributed by atoms with van der Waals surface area (Å²) < 4.78 is 5.51. The maximum absolute atomic E-state index is 11.9. The fourth-order valence-corrected chi connectivity index (χ4v) is 2.94. The molecular weight excluding hydrogens is 290 g/mol. The number of nitrogens with one attached hydrogen (secondary N) is 2. The molecule has 0 aromatic carbocycles. The van der Waals surface area contributed by atoms with Gasteiger partial charge in [0.05, 0.1) is 12.3 Å². The zero-order valence-corrected chi connectivity index (χ0v) is 12.3. The topological polar surface area (TPSA) is 83.3 Å². The molecule has 8 heteroatoms. The number of hydrogen-bond acceptors (Lipinski definition) is 6. The maximum Gasteiger partial charge on any atom is 0.321 e. The van der Waals surface area contributed by atoms with Gasteiger partial charge in [0.25, 0.3) is 0 Å². The van der Waals surface area contributed by atoms with Gasteiger partial charge >= 0.3 is 6.03 Å². The third-order valence-corrected chi connectivity index (χ3v) is 4.10. The normalized spacial score (nSPS) is 16.8. The van der Waals surface area contributed by atoms with Crippen LogP contribution in [0.4, 0.5) is 9.93 Å².